The number of aromatic nitrogens is 2. The molecule has 0 aliphatic rings. The van der Waals surface area contributed by atoms with Crippen LogP contribution in [0.5, 0.6) is 0 Å². The number of nitrogens with zero attached hydrogens (tertiary/aromatic N) is 2. The Balaban J connectivity index is 2.52. The molecule has 0 N–H and O–H groups in total. The van der Waals surface area contributed by atoms with Gasteiger partial charge in [-0.05, 0) is 19.9 Å². The molecule has 0 aliphatic heterocycles. The Morgan fingerprint density at radius 2 is 2.00 bits per heavy atom. The van der Waals surface area contributed by atoms with Crippen molar-refractivity contribution in [2.24, 2.45) is 0 Å². The van der Waals surface area contributed by atoms with E-state index in [2.05, 4.69) is 9.97 Å². The molecule has 5 heteroatoms. The average molecular weight is 240 g/mol. The van der Waals surface area contributed by atoms with Crippen molar-refractivity contribution in [3.63, 3.8) is 0 Å². The van der Waals surface area contributed by atoms with Gasteiger partial charge in [-0.25, -0.2) is 4.98 Å². The van der Waals surface area contributed by atoms with Crippen LogP contribution in [0, 0.1) is 17.7 Å². The molecule has 2 aromatic heterocycles. The van der Waals surface area contributed by atoms with Gasteiger partial charge in [0.2, 0.25) is 0 Å². The summed E-state index contributed by atoms with van der Waals surface area (Å²) in [7, 11) is 3.25. The highest BCUT2D eigenvalue weighted by atomic mass is 32.9. The Morgan fingerprint density at radius 1 is 1.21 bits per heavy atom. The molecule has 2 rings (SSSR count). The van der Waals surface area contributed by atoms with Crippen molar-refractivity contribution in [3.8, 4) is 10.6 Å². The second-order valence-corrected chi connectivity index (χ2v) is 5.83. The Kier molecular flexibility index (Phi) is 2.71. The molecule has 0 aromatic carbocycles. The molecule has 0 fully saturated rings. The normalized spacial score (nSPS) is 10.4. The van der Waals surface area contributed by atoms with Gasteiger partial charge in [-0.15, -0.1) is 0 Å². The van der Waals surface area contributed by atoms with E-state index >= 15 is 0 Å². The Morgan fingerprint density at radius 3 is 2.57 bits per heavy atom. The lowest BCUT2D eigenvalue weighted by Crippen LogP contribution is -1.92. The molecule has 0 radical (unpaired) electrons. The lowest BCUT2D eigenvalue weighted by molar-refractivity contribution is 1.05. The van der Waals surface area contributed by atoms with Crippen molar-refractivity contribution >= 4 is 32.9 Å². The predicted molar refractivity (Wildman–Crippen MR) is 63.5 cm³/mol. The van der Waals surface area contributed by atoms with Gasteiger partial charge in [0.1, 0.15) is 3.82 Å². The minimum Gasteiger partial charge on any atom is -0.257 e. The van der Waals surface area contributed by atoms with Gasteiger partial charge in [0.15, 0.2) is 0 Å². The number of aryl methyl sites for hydroxylation is 2. The number of rotatable bonds is 1. The first-order chi connectivity index (χ1) is 6.66. The fourth-order valence-corrected chi connectivity index (χ4v) is 3.34. The molecule has 2 nitrogen and oxygen atoms in total. The summed E-state index contributed by atoms with van der Waals surface area (Å²) in [6.07, 6.45) is 1.80. The molecular formula is C9H8N2S3. The zero-order valence-electron chi connectivity index (χ0n) is 7.77. The standard InChI is InChI=1S/C9H8N2S3/c1-5-6(2)11-7(4-10-5)8-3-9(12)14-13-8/h3-4H,1-2H3. The van der Waals surface area contributed by atoms with Crippen LogP contribution in [-0.4, -0.2) is 9.97 Å². The van der Waals surface area contributed by atoms with Crippen molar-refractivity contribution in [1.29, 1.82) is 0 Å². The monoisotopic (exact) mass is 240 g/mol. The first-order valence-corrected chi connectivity index (χ1v) is 6.63. The van der Waals surface area contributed by atoms with Crippen LogP contribution in [0.15, 0.2) is 12.3 Å². The van der Waals surface area contributed by atoms with Crippen LogP contribution >= 0.6 is 32.9 Å². The first-order valence-electron chi connectivity index (χ1n) is 4.07. The van der Waals surface area contributed by atoms with E-state index in [0.29, 0.717) is 0 Å². The topological polar surface area (TPSA) is 25.8 Å². The van der Waals surface area contributed by atoms with Gasteiger partial charge < -0.3 is 0 Å². The van der Waals surface area contributed by atoms with Crippen molar-refractivity contribution in [2.45, 2.75) is 13.8 Å². The summed E-state index contributed by atoms with van der Waals surface area (Å²) in [6, 6.07) is 1.98. The van der Waals surface area contributed by atoms with E-state index in [1.807, 2.05) is 19.9 Å². The van der Waals surface area contributed by atoms with Gasteiger partial charge in [0.25, 0.3) is 0 Å². The Bertz CT molecular complexity index is 513. The Labute approximate surface area is 94.7 Å². The summed E-state index contributed by atoms with van der Waals surface area (Å²) < 4.78 is 0.907. The lowest BCUT2D eigenvalue weighted by atomic mass is 10.3. The van der Waals surface area contributed by atoms with Crippen molar-refractivity contribution in [1.82, 2.24) is 9.97 Å². The molecule has 0 amide bonds. The van der Waals surface area contributed by atoms with E-state index < -0.39 is 0 Å². The molecule has 0 unspecified atom stereocenters. The highest BCUT2D eigenvalue weighted by Gasteiger charge is 2.04. The maximum atomic E-state index is 5.07. The predicted octanol–water partition coefficient (Wildman–Crippen LogP) is 3.61. The summed E-state index contributed by atoms with van der Waals surface area (Å²) >= 11 is 5.07. The fraction of sp³-hybridized carbons (Fsp3) is 0.222. The maximum Gasteiger partial charge on any atom is 0.102 e. The smallest absolute Gasteiger partial charge is 0.102 e. The van der Waals surface area contributed by atoms with E-state index in [4.69, 9.17) is 12.2 Å². The molecule has 2 aromatic rings. The van der Waals surface area contributed by atoms with E-state index in [0.717, 1.165) is 25.8 Å². The van der Waals surface area contributed by atoms with Crippen LogP contribution in [0.4, 0.5) is 0 Å². The molecule has 0 atom stereocenters. The van der Waals surface area contributed by atoms with E-state index in [1.54, 1.807) is 26.9 Å². The molecule has 2 heterocycles. The van der Waals surface area contributed by atoms with Crippen LogP contribution in [0.1, 0.15) is 11.4 Å². The molecule has 14 heavy (non-hydrogen) atoms. The second kappa shape index (κ2) is 3.84. The van der Waals surface area contributed by atoms with Crippen molar-refractivity contribution in [3.05, 3.63) is 27.5 Å². The molecule has 0 saturated heterocycles. The highest BCUT2D eigenvalue weighted by molar-refractivity contribution is 7.80. The third-order valence-electron chi connectivity index (χ3n) is 1.91. The van der Waals surface area contributed by atoms with Gasteiger partial charge in [-0.2, -0.15) is 0 Å². The van der Waals surface area contributed by atoms with Crippen molar-refractivity contribution < 1.29 is 0 Å². The summed E-state index contributed by atoms with van der Waals surface area (Å²) in [5, 5.41) is 0. The second-order valence-electron chi connectivity index (χ2n) is 2.92. The van der Waals surface area contributed by atoms with Crippen LogP contribution in [0.2, 0.25) is 0 Å². The van der Waals surface area contributed by atoms with Gasteiger partial charge in [0, 0.05) is 0 Å². The summed E-state index contributed by atoms with van der Waals surface area (Å²) in [5.74, 6) is 0. The quantitative estimate of drug-likeness (QED) is 0.562. The van der Waals surface area contributed by atoms with E-state index in [1.165, 1.54) is 0 Å². The SMILES string of the molecule is Cc1ncc(-c2cc(=S)ss2)nc1C. The molecule has 0 aliphatic carbocycles. The molecule has 0 saturated carbocycles. The van der Waals surface area contributed by atoms with Crippen LogP contribution < -0.4 is 0 Å². The van der Waals surface area contributed by atoms with Crippen molar-refractivity contribution in [2.75, 3.05) is 0 Å². The third-order valence-corrected chi connectivity index (χ3v) is 4.79. The van der Waals surface area contributed by atoms with Gasteiger partial charge >= 0.3 is 0 Å². The number of hydrogen-bond donors (Lipinski definition) is 0. The minimum atomic E-state index is 0.907. The molecule has 72 valence electrons. The fourth-order valence-electron chi connectivity index (χ4n) is 1.02. The molecular weight excluding hydrogens is 232 g/mol. The van der Waals surface area contributed by atoms with Crippen LogP contribution in [-0.2, 0) is 0 Å². The first kappa shape index (κ1) is 9.89. The lowest BCUT2D eigenvalue weighted by Gasteiger charge is -1.99. The summed E-state index contributed by atoms with van der Waals surface area (Å²) in [6.45, 7) is 3.93. The van der Waals surface area contributed by atoms with E-state index in [9.17, 15) is 0 Å². The van der Waals surface area contributed by atoms with Crippen LogP contribution in [0.25, 0.3) is 10.6 Å². The highest BCUT2D eigenvalue weighted by Crippen LogP contribution is 2.27. The van der Waals surface area contributed by atoms with Gasteiger partial charge in [-0.1, -0.05) is 32.9 Å². The Hall–Kier alpha value is -0.650. The number of hydrogen-bond acceptors (Lipinski definition) is 5. The zero-order chi connectivity index (χ0) is 10.1. The van der Waals surface area contributed by atoms with Gasteiger partial charge in [-0.3, -0.25) is 4.98 Å². The zero-order valence-corrected chi connectivity index (χ0v) is 10.2. The third kappa shape index (κ3) is 1.89. The summed E-state index contributed by atoms with van der Waals surface area (Å²) in [5.41, 5.74) is 2.88. The van der Waals surface area contributed by atoms with Crippen LogP contribution in [0.3, 0.4) is 0 Å². The summed E-state index contributed by atoms with van der Waals surface area (Å²) in [4.78, 5) is 9.85. The molecule has 0 bridgehead atoms. The largest absolute Gasteiger partial charge is 0.257 e. The average Bonchev–Trinajstić information content (AvgIpc) is 2.57. The maximum absolute atomic E-state index is 5.07. The van der Waals surface area contributed by atoms with Gasteiger partial charge in [0.05, 0.1) is 28.2 Å². The minimum absolute atomic E-state index is 0.907. The van der Waals surface area contributed by atoms with E-state index in [-0.39, 0.29) is 0 Å². The molecule has 0 spiro atoms.